The summed E-state index contributed by atoms with van der Waals surface area (Å²) >= 11 is 1.77. The minimum Gasteiger partial charge on any atom is -0.360 e. The summed E-state index contributed by atoms with van der Waals surface area (Å²) in [6.45, 7) is 4.26. The highest BCUT2D eigenvalue weighted by molar-refractivity contribution is 7.14. The van der Waals surface area contributed by atoms with Crippen molar-refractivity contribution in [2.75, 3.05) is 37.6 Å². The Morgan fingerprint density at radius 2 is 2.10 bits per heavy atom. The van der Waals surface area contributed by atoms with Crippen molar-refractivity contribution in [3.05, 3.63) is 17.5 Å². The minimum atomic E-state index is 0.188. The Morgan fingerprint density at radius 3 is 2.75 bits per heavy atom. The van der Waals surface area contributed by atoms with Crippen LogP contribution in [-0.4, -0.2) is 43.5 Å². The van der Waals surface area contributed by atoms with E-state index >= 15 is 0 Å². The van der Waals surface area contributed by atoms with Gasteiger partial charge in [-0.05, 0) is 42.8 Å². The molecule has 1 aromatic heterocycles. The van der Waals surface area contributed by atoms with E-state index in [9.17, 15) is 4.79 Å². The van der Waals surface area contributed by atoms with Crippen LogP contribution in [0.2, 0.25) is 0 Å². The maximum Gasteiger partial charge on any atom is 0.226 e. The molecular weight excluding hydrogens is 270 g/mol. The highest BCUT2D eigenvalue weighted by Gasteiger charge is 2.35. The topological polar surface area (TPSA) is 49.6 Å². The Kier molecular flexibility index (Phi) is 4.27. The summed E-state index contributed by atoms with van der Waals surface area (Å²) in [6.07, 6.45) is 3.32. The number of thiophene rings is 1. The molecular formula is C15H23N3OS. The predicted molar refractivity (Wildman–Crippen MR) is 83.0 cm³/mol. The van der Waals surface area contributed by atoms with Crippen LogP contribution in [0, 0.1) is 11.8 Å². The second-order valence-electron chi connectivity index (χ2n) is 5.80. The van der Waals surface area contributed by atoms with Gasteiger partial charge in [-0.3, -0.25) is 4.79 Å². The molecule has 2 aliphatic rings. The molecule has 0 aromatic carbocycles. The van der Waals surface area contributed by atoms with Crippen LogP contribution in [0.4, 0.5) is 5.00 Å². The maximum atomic E-state index is 12.6. The Balaban J connectivity index is 1.56. The average Bonchev–Trinajstić information content (AvgIpc) is 3.17. The third kappa shape index (κ3) is 2.69. The first kappa shape index (κ1) is 13.9. The monoisotopic (exact) mass is 293 g/mol. The molecule has 2 N–H and O–H groups in total. The molecule has 1 amide bonds. The first-order valence-electron chi connectivity index (χ1n) is 7.57. The van der Waals surface area contributed by atoms with Crippen molar-refractivity contribution in [1.82, 2.24) is 4.90 Å². The summed E-state index contributed by atoms with van der Waals surface area (Å²) in [6, 6.07) is 4.24. The van der Waals surface area contributed by atoms with Gasteiger partial charge in [0.15, 0.2) is 0 Å². The average molecular weight is 293 g/mol. The zero-order chi connectivity index (χ0) is 13.9. The summed E-state index contributed by atoms with van der Waals surface area (Å²) < 4.78 is 0. The van der Waals surface area contributed by atoms with E-state index in [4.69, 9.17) is 5.73 Å². The van der Waals surface area contributed by atoms with Crippen LogP contribution in [0.25, 0.3) is 0 Å². The number of anilines is 1. The van der Waals surface area contributed by atoms with Crippen molar-refractivity contribution in [3.8, 4) is 0 Å². The van der Waals surface area contributed by atoms with E-state index in [1.807, 2.05) is 0 Å². The molecule has 1 saturated heterocycles. The van der Waals surface area contributed by atoms with Gasteiger partial charge in [-0.25, -0.2) is 0 Å². The fourth-order valence-electron chi connectivity index (χ4n) is 3.48. The van der Waals surface area contributed by atoms with Crippen molar-refractivity contribution < 1.29 is 4.79 Å². The smallest absolute Gasteiger partial charge is 0.226 e. The van der Waals surface area contributed by atoms with Crippen LogP contribution in [0.1, 0.15) is 19.3 Å². The number of amides is 1. The Bertz CT molecular complexity index is 440. The zero-order valence-corrected chi connectivity index (χ0v) is 12.6. The summed E-state index contributed by atoms with van der Waals surface area (Å²) in [7, 11) is 0. The van der Waals surface area contributed by atoms with Gasteiger partial charge in [-0.15, -0.1) is 11.3 Å². The fraction of sp³-hybridized carbons (Fsp3) is 0.667. The normalized spacial score (nSPS) is 27.1. The Labute approximate surface area is 124 Å². The molecule has 0 unspecified atom stereocenters. The van der Waals surface area contributed by atoms with Crippen LogP contribution >= 0.6 is 11.3 Å². The summed E-state index contributed by atoms with van der Waals surface area (Å²) in [5.41, 5.74) is 5.80. The zero-order valence-electron chi connectivity index (χ0n) is 11.8. The number of nitrogens with two attached hydrogens (primary N) is 1. The highest BCUT2D eigenvalue weighted by Crippen LogP contribution is 2.33. The van der Waals surface area contributed by atoms with Crippen molar-refractivity contribution >= 4 is 22.2 Å². The lowest BCUT2D eigenvalue weighted by molar-refractivity contribution is -0.136. The number of nitrogens with zero attached hydrogens (tertiary/aromatic N) is 2. The van der Waals surface area contributed by atoms with Crippen LogP contribution in [0.5, 0.6) is 0 Å². The number of carbonyl (C=O) groups excluding carboxylic acids is 1. The first-order valence-corrected chi connectivity index (χ1v) is 8.45. The third-order valence-electron chi connectivity index (χ3n) is 4.69. The van der Waals surface area contributed by atoms with Crippen molar-refractivity contribution in [2.24, 2.45) is 17.6 Å². The molecule has 0 spiro atoms. The van der Waals surface area contributed by atoms with E-state index in [0.717, 1.165) is 45.4 Å². The van der Waals surface area contributed by atoms with E-state index in [1.165, 1.54) is 5.00 Å². The molecule has 1 aliphatic carbocycles. The minimum absolute atomic E-state index is 0.188. The summed E-state index contributed by atoms with van der Waals surface area (Å²) in [5.74, 6) is 0.954. The van der Waals surface area contributed by atoms with Gasteiger partial charge in [0.2, 0.25) is 5.91 Å². The van der Waals surface area contributed by atoms with Crippen molar-refractivity contribution in [3.63, 3.8) is 0 Å². The molecule has 0 bridgehead atoms. The highest BCUT2D eigenvalue weighted by atomic mass is 32.1. The number of carbonyl (C=O) groups is 1. The maximum absolute atomic E-state index is 12.6. The lowest BCUT2D eigenvalue weighted by atomic mass is 9.94. The number of hydrogen-bond donors (Lipinski definition) is 1. The SMILES string of the molecule is NC[C@H]1CCC[C@H]1C(=O)N1CCN(c2cccs2)CC1. The van der Waals surface area contributed by atoms with Crippen LogP contribution in [0.15, 0.2) is 17.5 Å². The number of hydrogen-bond acceptors (Lipinski definition) is 4. The van der Waals surface area contributed by atoms with Crippen LogP contribution < -0.4 is 10.6 Å². The Morgan fingerprint density at radius 1 is 1.30 bits per heavy atom. The molecule has 2 fully saturated rings. The van der Waals surface area contributed by atoms with Gasteiger partial charge in [-0.1, -0.05) is 6.42 Å². The summed E-state index contributed by atoms with van der Waals surface area (Å²) in [4.78, 5) is 17.1. The number of piperazine rings is 1. The molecule has 1 saturated carbocycles. The quantitative estimate of drug-likeness (QED) is 0.924. The molecule has 20 heavy (non-hydrogen) atoms. The fourth-order valence-corrected chi connectivity index (χ4v) is 4.26. The summed E-state index contributed by atoms with van der Waals surface area (Å²) in [5, 5.41) is 3.43. The van der Waals surface area contributed by atoms with E-state index in [2.05, 4.69) is 27.3 Å². The van der Waals surface area contributed by atoms with E-state index in [1.54, 1.807) is 11.3 Å². The van der Waals surface area contributed by atoms with Crippen LogP contribution in [0.3, 0.4) is 0 Å². The molecule has 1 aliphatic heterocycles. The van der Waals surface area contributed by atoms with E-state index in [0.29, 0.717) is 18.4 Å². The second-order valence-corrected chi connectivity index (χ2v) is 6.72. The molecule has 3 rings (SSSR count). The standard InChI is InChI=1S/C15H23N3OS/c16-11-12-3-1-4-13(12)15(19)18-8-6-17(7-9-18)14-5-2-10-20-14/h2,5,10,12-13H,1,3-4,6-9,11,16H2/t12-,13-/m1/s1. The lowest BCUT2D eigenvalue weighted by Crippen LogP contribution is -2.51. The largest absolute Gasteiger partial charge is 0.360 e. The van der Waals surface area contributed by atoms with E-state index < -0.39 is 0 Å². The van der Waals surface area contributed by atoms with Gasteiger partial charge in [-0.2, -0.15) is 0 Å². The molecule has 5 heteroatoms. The molecule has 1 aromatic rings. The first-order chi connectivity index (χ1) is 9.79. The van der Waals surface area contributed by atoms with Crippen molar-refractivity contribution in [1.29, 1.82) is 0 Å². The van der Waals surface area contributed by atoms with Crippen LogP contribution in [-0.2, 0) is 4.79 Å². The molecule has 4 nitrogen and oxygen atoms in total. The van der Waals surface area contributed by atoms with Gasteiger partial charge < -0.3 is 15.5 Å². The molecule has 0 radical (unpaired) electrons. The molecule has 2 heterocycles. The third-order valence-corrected chi connectivity index (χ3v) is 5.62. The van der Waals surface area contributed by atoms with Gasteiger partial charge in [0.25, 0.3) is 0 Å². The molecule has 110 valence electrons. The van der Waals surface area contributed by atoms with Gasteiger partial charge in [0.1, 0.15) is 0 Å². The van der Waals surface area contributed by atoms with Crippen molar-refractivity contribution in [2.45, 2.75) is 19.3 Å². The molecule has 2 atom stereocenters. The predicted octanol–water partition coefficient (Wildman–Crippen LogP) is 1.77. The van der Waals surface area contributed by atoms with Gasteiger partial charge in [0, 0.05) is 32.1 Å². The Hall–Kier alpha value is -1.07. The lowest BCUT2D eigenvalue weighted by Gasteiger charge is -2.37. The second kappa shape index (κ2) is 6.14. The van der Waals surface area contributed by atoms with Gasteiger partial charge >= 0.3 is 0 Å². The number of rotatable bonds is 3. The van der Waals surface area contributed by atoms with E-state index in [-0.39, 0.29) is 5.92 Å². The van der Waals surface area contributed by atoms with Gasteiger partial charge in [0.05, 0.1) is 5.00 Å².